The van der Waals surface area contributed by atoms with E-state index in [2.05, 4.69) is 42.6 Å². The molecule has 23 heavy (non-hydrogen) atoms. The third-order valence-electron chi connectivity index (χ3n) is 4.76. The Balaban J connectivity index is 1.92. The van der Waals surface area contributed by atoms with Crippen molar-refractivity contribution in [3.63, 3.8) is 0 Å². The second-order valence-corrected chi connectivity index (χ2v) is 8.24. The number of aryl methyl sites for hydroxylation is 1. The Hall–Kier alpha value is -0.970. The van der Waals surface area contributed by atoms with E-state index in [9.17, 15) is 4.79 Å². The maximum absolute atomic E-state index is 12.3. The minimum atomic E-state index is 0.142. The third-order valence-corrected chi connectivity index (χ3v) is 5.74. The standard InChI is InChI=1S/C18H31N3OS/c1-12(2)10-21-15(5)14(4)19-18(21)23-11-17(22)20-16-9-7-6-8-13(16)3/h12-13,16H,6-11H2,1-5H3,(H,20,22). The predicted molar refractivity (Wildman–Crippen MR) is 96.8 cm³/mol. The van der Waals surface area contributed by atoms with Gasteiger partial charge in [-0.25, -0.2) is 4.98 Å². The predicted octanol–water partition coefficient (Wildman–Crippen LogP) is 3.94. The summed E-state index contributed by atoms with van der Waals surface area (Å²) in [5, 5.41) is 4.20. The van der Waals surface area contributed by atoms with Crippen molar-refractivity contribution >= 4 is 17.7 Å². The summed E-state index contributed by atoms with van der Waals surface area (Å²) in [6.07, 6.45) is 4.89. The first-order valence-corrected chi connectivity index (χ1v) is 9.83. The van der Waals surface area contributed by atoms with E-state index in [-0.39, 0.29) is 5.91 Å². The van der Waals surface area contributed by atoms with Crippen LogP contribution in [0.1, 0.15) is 57.8 Å². The molecule has 2 rings (SSSR count). The summed E-state index contributed by atoms with van der Waals surface area (Å²) in [5.74, 6) is 1.77. The van der Waals surface area contributed by atoms with E-state index in [1.165, 1.54) is 25.0 Å². The fourth-order valence-corrected chi connectivity index (χ4v) is 4.14. The van der Waals surface area contributed by atoms with Crippen molar-refractivity contribution < 1.29 is 4.79 Å². The molecule has 1 amide bonds. The van der Waals surface area contributed by atoms with Crippen molar-refractivity contribution in [3.05, 3.63) is 11.4 Å². The molecule has 2 unspecified atom stereocenters. The van der Waals surface area contributed by atoms with Crippen LogP contribution in [0.5, 0.6) is 0 Å². The Bertz CT molecular complexity index is 539. The van der Waals surface area contributed by atoms with Crippen molar-refractivity contribution in [2.45, 2.75) is 78.0 Å². The van der Waals surface area contributed by atoms with E-state index in [0.29, 0.717) is 23.6 Å². The van der Waals surface area contributed by atoms with Gasteiger partial charge in [0.25, 0.3) is 0 Å². The van der Waals surface area contributed by atoms with Gasteiger partial charge in [-0.15, -0.1) is 0 Å². The van der Waals surface area contributed by atoms with Crippen LogP contribution in [0.2, 0.25) is 0 Å². The number of thioether (sulfide) groups is 1. The van der Waals surface area contributed by atoms with Crippen LogP contribution >= 0.6 is 11.8 Å². The fourth-order valence-electron chi connectivity index (χ4n) is 3.22. The number of nitrogens with one attached hydrogen (secondary N) is 1. The molecule has 1 N–H and O–H groups in total. The van der Waals surface area contributed by atoms with Crippen molar-refractivity contribution in [3.8, 4) is 0 Å². The molecule has 4 nitrogen and oxygen atoms in total. The van der Waals surface area contributed by atoms with Crippen molar-refractivity contribution in [2.24, 2.45) is 11.8 Å². The molecule has 1 fully saturated rings. The Morgan fingerprint density at radius 1 is 1.35 bits per heavy atom. The first-order valence-electron chi connectivity index (χ1n) is 8.84. The van der Waals surface area contributed by atoms with Gasteiger partial charge in [-0.1, -0.05) is 45.4 Å². The molecule has 1 heterocycles. The Morgan fingerprint density at radius 2 is 2.04 bits per heavy atom. The normalized spacial score (nSPS) is 21.7. The van der Waals surface area contributed by atoms with Crippen LogP contribution in [0.4, 0.5) is 0 Å². The first-order chi connectivity index (χ1) is 10.9. The van der Waals surface area contributed by atoms with Crippen LogP contribution in [0, 0.1) is 25.7 Å². The van der Waals surface area contributed by atoms with Gasteiger partial charge in [0, 0.05) is 18.3 Å². The van der Waals surface area contributed by atoms with E-state index < -0.39 is 0 Å². The molecule has 1 saturated carbocycles. The first kappa shape index (κ1) is 18.4. The molecule has 0 aromatic carbocycles. The number of carbonyl (C=O) groups excluding carboxylic acids is 1. The van der Waals surface area contributed by atoms with Gasteiger partial charge in [0.1, 0.15) is 0 Å². The van der Waals surface area contributed by atoms with E-state index in [1.54, 1.807) is 11.8 Å². The molecule has 0 bridgehead atoms. The molecule has 1 aliphatic rings. The van der Waals surface area contributed by atoms with Crippen LogP contribution in [0.3, 0.4) is 0 Å². The molecular weight excluding hydrogens is 306 g/mol. The minimum Gasteiger partial charge on any atom is -0.352 e. The topological polar surface area (TPSA) is 46.9 Å². The lowest BCUT2D eigenvalue weighted by atomic mass is 9.86. The van der Waals surface area contributed by atoms with Gasteiger partial charge in [-0.05, 0) is 38.5 Å². The summed E-state index contributed by atoms with van der Waals surface area (Å²) >= 11 is 1.56. The second-order valence-electron chi connectivity index (χ2n) is 7.29. The third kappa shape index (κ3) is 5.00. The number of aromatic nitrogens is 2. The summed E-state index contributed by atoms with van der Waals surface area (Å²) < 4.78 is 2.25. The average Bonchev–Trinajstić information content (AvgIpc) is 2.75. The number of rotatable bonds is 6. The van der Waals surface area contributed by atoms with Gasteiger partial charge >= 0.3 is 0 Å². The molecule has 0 saturated heterocycles. The van der Waals surface area contributed by atoms with Crippen LogP contribution in [-0.4, -0.2) is 27.3 Å². The van der Waals surface area contributed by atoms with Gasteiger partial charge in [-0.2, -0.15) is 0 Å². The summed E-state index contributed by atoms with van der Waals surface area (Å²) in [6, 6.07) is 0.357. The molecule has 0 radical (unpaired) electrons. The molecule has 2 atom stereocenters. The van der Waals surface area contributed by atoms with Gasteiger partial charge in [0.05, 0.1) is 11.4 Å². The van der Waals surface area contributed by atoms with Crippen molar-refractivity contribution in [1.29, 1.82) is 0 Å². The minimum absolute atomic E-state index is 0.142. The highest BCUT2D eigenvalue weighted by molar-refractivity contribution is 7.99. The highest BCUT2D eigenvalue weighted by Gasteiger charge is 2.23. The SMILES string of the molecule is Cc1nc(SCC(=O)NC2CCCCC2C)n(CC(C)C)c1C. The molecule has 0 spiro atoms. The van der Waals surface area contributed by atoms with E-state index in [4.69, 9.17) is 0 Å². The molecule has 5 heteroatoms. The average molecular weight is 338 g/mol. The smallest absolute Gasteiger partial charge is 0.230 e. The maximum atomic E-state index is 12.3. The van der Waals surface area contributed by atoms with Crippen LogP contribution in [0.25, 0.3) is 0 Å². The lowest BCUT2D eigenvalue weighted by molar-refractivity contribution is -0.119. The van der Waals surface area contributed by atoms with Crippen LogP contribution in [-0.2, 0) is 11.3 Å². The lowest BCUT2D eigenvalue weighted by Gasteiger charge is -2.29. The summed E-state index contributed by atoms with van der Waals surface area (Å²) in [5.41, 5.74) is 2.27. The number of imidazole rings is 1. The van der Waals surface area contributed by atoms with Gasteiger partial charge in [-0.3, -0.25) is 4.79 Å². The number of nitrogens with zero attached hydrogens (tertiary/aromatic N) is 2. The summed E-state index contributed by atoms with van der Waals surface area (Å²) in [6.45, 7) is 11.8. The monoisotopic (exact) mass is 337 g/mol. The van der Waals surface area contributed by atoms with Crippen LogP contribution < -0.4 is 5.32 Å². The fraction of sp³-hybridized carbons (Fsp3) is 0.778. The van der Waals surface area contributed by atoms with E-state index in [0.717, 1.165) is 23.8 Å². The molecular formula is C18H31N3OS. The Labute approximate surface area is 144 Å². The van der Waals surface area contributed by atoms with Crippen molar-refractivity contribution in [2.75, 3.05) is 5.75 Å². The van der Waals surface area contributed by atoms with Gasteiger partial charge in [0.2, 0.25) is 5.91 Å². The summed E-state index contributed by atoms with van der Waals surface area (Å²) in [7, 11) is 0. The summed E-state index contributed by atoms with van der Waals surface area (Å²) in [4.78, 5) is 16.9. The molecule has 1 aromatic rings. The zero-order valence-electron chi connectivity index (χ0n) is 15.2. The highest BCUT2D eigenvalue weighted by Crippen LogP contribution is 2.25. The zero-order chi connectivity index (χ0) is 17.0. The largest absolute Gasteiger partial charge is 0.352 e. The van der Waals surface area contributed by atoms with Crippen LogP contribution in [0.15, 0.2) is 5.16 Å². The van der Waals surface area contributed by atoms with Gasteiger partial charge in [0.15, 0.2) is 5.16 Å². The molecule has 1 aliphatic carbocycles. The quantitative estimate of drug-likeness (QED) is 0.800. The van der Waals surface area contributed by atoms with Gasteiger partial charge < -0.3 is 9.88 Å². The molecule has 130 valence electrons. The van der Waals surface area contributed by atoms with E-state index >= 15 is 0 Å². The lowest BCUT2D eigenvalue weighted by Crippen LogP contribution is -2.41. The zero-order valence-corrected chi connectivity index (χ0v) is 16.0. The molecule has 0 aliphatic heterocycles. The van der Waals surface area contributed by atoms with Crippen molar-refractivity contribution in [1.82, 2.24) is 14.9 Å². The van der Waals surface area contributed by atoms with E-state index in [1.807, 2.05) is 6.92 Å². The Morgan fingerprint density at radius 3 is 2.70 bits per heavy atom. The number of hydrogen-bond donors (Lipinski definition) is 1. The number of carbonyl (C=O) groups is 1. The second kappa shape index (κ2) is 8.22. The molecule has 1 aromatic heterocycles. The highest BCUT2D eigenvalue weighted by atomic mass is 32.2. The Kier molecular flexibility index (Phi) is 6.57. The number of hydrogen-bond acceptors (Lipinski definition) is 3. The number of amides is 1. The maximum Gasteiger partial charge on any atom is 0.230 e.